The first-order chi connectivity index (χ1) is 13.2. The second kappa shape index (κ2) is 9.00. The summed E-state index contributed by atoms with van der Waals surface area (Å²) in [5.41, 5.74) is 1.96. The molecule has 1 aromatic heterocycles. The van der Waals surface area contributed by atoms with Crippen LogP contribution in [0.2, 0.25) is 5.02 Å². The fraction of sp³-hybridized carbons (Fsp3) is 0.150. The molecule has 3 rings (SSSR count). The molecule has 0 radical (unpaired) electrons. The van der Waals surface area contributed by atoms with E-state index in [1.165, 1.54) is 0 Å². The van der Waals surface area contributed by atoms with Gasteiger partial charge in [-0.3, -0.25) is 4.79 Å². The average molecular weight is 383 g/mol. The highest BCUT2D eigenvalue weighted by Crippen LogP contribution is 2.18. The maximum Gasteiger partial charge on any atom is 0.274 e. The number of nitrogens with zero attached hydrogens (tertiary/aromatic N) is 2. The summed E-state index contributed by atoms with van der Waals surface area (Å²) in [6.45, 7) is 0.611. The monoisotopic (exact) mass is 382 g/mol. The Balaban J connectivity index is 1.60. The van der Waals surface area contributed by atoms with Gasteiger partial charge < -0.3 is 15.4 Å². The summed E-state index contributed by atoms with van der Waals surface area (Å²) >= 11 is 5.93. The Bertz CT molecular complexity index is 933. The molecule has 2 aromatic carbocycles. The lowest BCUT2D eigenvalue weighted by atomic mass is 10.1. The molecule has 3 aromatic rings. The number of rotatable bonds is 7. The molecule has 0 aliphatic carbocycles. The Morgan fingerprint density at radius 2 is 2.00 bits per heavy atom. The zero-order chi connectivity index (χ0) is 19.1. The molecule has 0 aliphatic rings. The highest BCUT2D eigenvalue weighted by atomic mass is 35.5. The molecule has 7 heteroatoms. The number of benzene rings is 2. The third-order valence-electron chi connectivity index (χ3n) is 3.84. The Hall–Kier alpha value is -3.12. The van der Waals surface area contributed by atoms with Crippen molar-refractivity contribution < 1.29 is 9.53 Å². The maximum atomic E-state index is 12.4. The first-order valence-electron chi connectivity index (χ1n) is 8.41. The normalized spacial score (nSPS) is 10.3. The Labute approximate surface area is 162 Å². The van der Waals surface area contributed by atoms with E-state index >= 15 is 0 Å². The predicted molar refractivity (Wildman–Crippen MR) is 107 cm³/mol. The Morgan fingerprint density at radius 3 is 2.81 bits per heavy atom. The molecular formula is C20H19ClN4O2. The van der Waals surface area contributed by atoms with Crippen LogP contribution >= 0.6 is 11.6 Å². The van der Waals surface area contributed by atoms with Gasteiger partial charge in [-0.2, -0.15) is 0 Å². The molecule has 138 valence electrons. The summed E-state index contributed by atoms with van der Waals surface area (Å²) in [6.07, 6.45) is 2.29. The van der Waals surface area contributed by atoms with Crippen LogP contribution in [0.3, 0.4) is 0 Å². The third-order valence-corrected chi connectivity index (χ3v) is 4.08. The van der Waals surface area contributed by atoms with Crippen molar-refractivity contribution in [1.82, 2.24) is 9.97 Å². The number of anilines is 2. The van der Waals surface area contributed by atoms with E-state index in [4.69, 9.17) is 16.3 Å². The van der Waals surface area contributed by atoms with Crippen molar-refractivity contribution in [3.05, 3.63) is 77.1 Å². The molecular weight excluding hydrogens is 364 g/mol. The van der Waals surface area contributed by atoms with Gasteiger partial charge in [0.05, 0.1) is 7.11 Å². The zero-order valence-corrected chi connectivity index (χ0v) is 15.5. The number of ether oxygens (including phenoxy) is 1. The number of amides is 1. The van der Waals surface area contributed by atoms with E-state index in [1.54, 1.807) is 43.6 Å². The van der Waals surface area contributed by atoms with Crippen molar-refractivity contribution in [2.24, 2.45) is 0 Å². The number of nitrogens with one attached hydrogen (secondary N) is 2. The van der Waals surface area contributed by atoms with Crippen molar-refractivity contribution in [3.8, 4) is 5.75 Å². The van der Waals surface area contributed by atoms with Gasteiger partial charge in [0.15, 0.2) is 0 Å². The van der Waals surface area contributed by atoms with Crippen LogP contribution in [0.4, 0.5) is 11.6 Å². The summed E-state index contributed by atoms with van der Waals surface area (Å²) in [5.74, 6) is 0.908. The maximum absolute atomic E-state index is 12.4. The number of hydrogen-bond acceptors (Lipinski definition) is 5. The minimum Gasteiger partial charge on any atom is -0.496 e. The van der Waals surface area contributed by atoms with Crippen LogP contribution in [-0.2, 0) is 6.42 Å². The second-order valence-corrected chi connectivity index (χ2v) is 6.16. The van der Waals surface area contributed by atoms with E-state index in [9.17, 15) is 4.79 Å². The van der Waals surface area contributed by atoms with Gasteiger partial charge in [0.2, 0.25) is 5.95 Å². The number of aromatic nitrogens is 2. The van der Waals surface area contributed by atoms with Crippen molar-refractivity contribution in [1.29, 1.82) is 0 Å². The highest BCUT2D eigenvalue weighted by Gasteiger charge is 2.10. The molecule has 0 unspecified atom stereocenters. The summed E-state index contributed by atoms with van der Waals surface area (Å²) in [7, 11) is 1.65. The van der Waals surface area contributed by atoms with Gasteiger partial charge in [-0.15, -0.1) is 0 Å². The fourth-order valence-electron chi connectivity index (χ4n) is 2.55. The van der Waals surface area contributed by atoms with Crippen molar-refractivity contribution in [2.75, 3.05) is 24.3 Å². The van der Waals surface area contributed by atoms with E-state index in [1.807, 2.05) is 24.3 Å². The van der Waals surface area contributed by atoms with Gasteiger partial charge in [0.1, 0.15) is 11.4 Å². The number of para-hydroxylation sites is 1. The first kappa shape index (κ1) is 18.7. The zero-order valence-electron chi connectivity index (χ0n) is 14.8. The average Bonchev–Trinajstić information content (AvgIpc) is 2.68. The molecule has 2 N–H and O–H groups in total. The SMILES string of the molecule is COc1ccccc1CCNc1nccc(C(=O)Nc2cccc(Cl)c2)n1. The lowest BCUT2D eigenvalue weighted by Crippen LogP contribution is -2.16. The van der Waals surface area contributed by atoms with Crippen LogP contribution in [0, 0.1) is 0 Å². The van der Waals surface area contributed by atoms with Gasteiger partial charge >= 0.3 is 0 Å². The van der Waals surface area contributed by atoms with Crippen LogP contribution < -0.4 is 15.4 Å². The van der Waals surface area contributed by atoms with Crippen LogP contribution in [0.1, 0.15) is 16.1 Å². The lowest BCUT2D eigenvalue weighted by molar-refractivity contribution is 0.102. The lowest BCUT2D eigenvalue weighted by Gasteiger charge is -2.10. The number of halogens is 1. The third kappa shape index (κ3) is 5.18. The van der Waals surface area contributed by atoms with Crippen molar-refractivity contribution >= 4 is 29.1 Å². The Morgan fingerprint density at radius 1 is 1.15 bits per heavy atom. The minimum atomic E-state index is -0.326. The summed E-state index contributed by atoms with van der Waals surface area (Å²) in [6, 6.07) is 16.3. The fourth-order valence-corrected chi connectivity index (χ4v) is 2.74. The quantitative estimate of drug-likeness (QED) is 0.644. The first-order valence-corrected chi connectivity index (χ1v) is 8.79. The molecule has 0 saturated carbocycles. The van der Waals surface area contributed by atoms with E-state index in [0.717, 1.165) is 17.7 Å². The van der Waals surface area contributed by atoms with Gasteiger partial charge in [-0.25, -0.2) is 9.97 Å². The van der Waals surface area contributed by atoms with Gasteiger partial charge in [-0.1, -0.05) is 35.9 Å². The number of carbonyl (C=O) groups is 1. The summed E-state index contributed by atoms with van der Waals surface area (Å²) in [5, 5.41) is 6.45. The van der Waals surface area contributed by atoms with Crippen LogP contribution in [0.5, 0.6) is 5.75 Å². The molecule has 1 heterocycles. The molecule has 1 amide bonds. The molecule has 0 fully saturated rings. The molecule has 6 nitrogen and oxygen atoms in total. The number of hydrogen-bond donors (Lipinski definition) is 2. The number of carbonyl (C=O) groups excluding carboxylic acids is 1. The standard InChI is InChI=1S/C20H19ClN4O2/c1-27-18-8-3-2-5-14(18)9-11-22-20-23-12-10-17(25-20)19(26)24-16-7-4-6-15(21)13-16/h2-8,10,12-13H,9,11H2,1H3,(H,24,26)(H,22,23,25). The molecule has 0 spiro atoms. The van der Waals surface area contributed by atoms with Crippen molar-refractivity contribution in [2.45, 2.75) is 6.42 Å². The summed E-state index contributed by atoms with van der Waals surface area (Å²) in [4.78, 5) is 20.8. The minimum absolute atomic E-state index is 0.268. The number of methoxy groups -OCH3 is 1. The Kier molecular flexibility index (Phi) is 6.22. The highest BCUT2D eigenvalue weighted by molar-refractivity contribution is 6.30. The second-order valence-electron chi connectivity index (χ2n) is 5.72. The summed E-state index contributed by atoms with van der Waals surface area (Å²) < 4.78 is 5.34. The molecule has 0 atom stereocenters. The topological polar surface area (TPSA) is 76.1 Å². The molecule has 0 saturated heterocycles. The molecule has 0 bridgehead atoms. The van der Waals surface area contributed by atoms with Gasteiger partial charge in [0, 0.05) is 23.5 Å². The van der Waals surface area contributed by atoms with Crippen LogP contribution in [0.15, 0.2) is 60.8 Å². The van der Waals surface area contributed by atoms with Gasteiger partial charge in [-0.05, 0) is 42.3 Å². The van der Waals surface area contributed by atoms with E-state index in [2.05, 4.69) is 20.6 Å². The van der Waals surface area contributed by atoms with E-state index in [-0.39, 0.29) is 11.6 Å². The van der Waals surface area contributed by atoms with Crippen LogP contribution in [-0.4, -0.2) is 29.5 Å². The van der Waals surface area contributed by atoms with E-state index < -0.39 is 0 Å². The molecule has 27 heavy (non-hydrogen) atoms. The van der Waals surface area contributed by atoms with E-state index in [0.29, 0.717) is 23.2 Å². The largest absolute Gasteiger partial charge is 0.496 e. The molecule has 0 aliphatic heterocycles. The smallest absolute Gasteiger partial charge is 0.274 e. The predicted octanol–water partition coefficient (Wildman–Crippen LogP) is 4.05. The van der Waals surface area contributed by atoms with Gasteiger partial charge in [0.25, 0.3) is 5.91 Å². The van der Waals surface area contributed by atoms with Crippen molar-refractivity contribution in [3.63, 3.8) is 0 Å². The van der Waals surface area contributed by atoms with Crippen LogP contribution in [0.25, 0.3) is 0 Å².